The number of amides is 1. The molecule has 0 fully saturated rings. The van der Waals surface area contributed by atoms with Crippen LogP contribution < -0.4 is 10.9 Å². The lowest BCUT2D eigenvalue weighted by Gasteiger charge is -2.15. The summed E-state index contributed by atoms with van der Waals surface area (Å²) < 4.78 is 80.5. The van der Waals surface area contributed by atoms with Crippen molar-refractivity contribution in [3.05, 3.63) is 93.0 Å². The van der Waals surface area contributed by atoms with Crippen LogP contribution in [0.25, 0.3) is 22.0 Å². The van der Waals surface area contributed by atoms with Crippen molar-refractivity contribution in [3.63, 3.8) is 0 Å². The number of carbonyl (C=O) groups excluding carboxylic acids is 1. The van der Waals surface area contributed by atoms with Gasteiger partial charge < -0.3 is 9.88 Å². The SMILES string of the molecule is Cc1cc2c(cn1)cc(-c1cc(NC(=O)c3cc(C(F)(F)F)cc(C(F)(F)F)c3)ccc1C)c(=O)n2C. The van der Waals surface area contributed by atoms with E-state index in [4.69, 9.17) is 0 Å². The van der Waals surface area contributed by atoms with Crippen molar-refractivity contribution < 1.29 is 31.1 Å². The minimum atomic E-state index is -5.09. The molecule has 2 aromatic heterocycles. The smallest absolute Gasteiger partial charge is 0.322 e. The summed E-state index contributed by atoms with van der Waals surface area (Å²) in [5, 5.41) is 3.02. The Morgan fingerprint density at radius 1 is 0.865 bits per heavy atom. The summed E-state index contributed by atoms with van der Waals surface area (Å²) in [5.74, 6) is -1.17. The molecule has 1 amide bonds. The minimum absolute atomic E-state index is 0.0490. The van der Waals surface area contributed by atoms with Crippen molar-refractivity contribution >= 4 is 22.5 Å². The lowest BCUT2D eigenvalue weighted by molar-refractivity contribution is -0.143. The number of pyridine rings is 2. The average molecular weight is 519 g/mol. The second-order valence-electron chi connectivity index (χ2n) is 8.59. The summed E-state index contributed by atoms with van der Waals surface area (Å²) in [6, 6.07) is 8.51. The predicted molar refractivity (Wildman–Crippen MR) is 126 cm³/mol. The summed E-state index contributed by atoms with van der Waals surface area (Å²) in [4.78, 5) is 30.1. The molecule has 0 saturated carbocycles. The van der Waals surface area contributed by atoms with E-state index in [0.717, 1.165) is 5.69 Å². The van der Waals surface area contributed by atoms with Crippen LogP contribution in [0.15, 0.2) is 59.5 Å². The summed E-state index contributed by atoms with van der Waals surface area (Å²) in [5.41, 5.74) is -1.50. The number of benzene rings is 2. The Hall–Kier alpha value is -4.15. The first-order valence-electron chi connectivity index (χ1n) is 10.8. The number of alkyl halides is 6. The second-order valence-corrected chi connectivity index (χ2v) is 8.59. The van der Waals surface area contributed by atoms with Gasteiger partial charge in [-0.25, -0.2) is 0 Å². The second kappa shape index (κ2) is 9.06. The number of hydrogen-bond acceptors (Lipinski definition) is 3. The number of anilines is 1. The first kappa shape index (κ1) is 25.9. The molecular formula is C26H19F6N3O2. The van der Waals surface area contributed by atoms with Crippen molar-refractivity contribution in [1.82, 2.24) is 9.55 Å². The molecule has 0 radical (unpaired) electrons. The van der Waals surface area contributed by atoms with Crippen molar-refractivity contribution in [3.8, 4) is 11.1 Å². The van der Waals surface area contributed by atoms with E-state index in [9.17, 15) is 35.9 Å². The van der Waals surface area contributed by atoms with E-state index in [-0.39, 0.29) is 22.9 Å². The predicted octanol–water partition coefficient (Wildman–Crippen LogP) is 6.51. The first-order chi connectivity index (χ1) is 17.1. The van der Waals surface area contributed by atoms with Gasteiger partial charge in [0.2, 0.25) is 0 Å². The molecule has 37 heavy (non-hydrogen) atoms. The van der Waals surface area contributed by atoms with Crippen LogP contribution in [0, 0.1) is 13.8 Å². The highest BCUT2D eigenvalue weighted by Gasteiger charge is 2.37. The molecule has 0 bridgehead atoms. The number of rotatable bonds is 3. The molecule has 0 atom stereocenters. The fourth-order valence-corrected chi connectivity index (χ4v) is 3.94. The maximum atomic E-state index is 13.2. The third kappa shape index (κ3) is 5.20. The molecule has 1 N–H and O–H groups in total. The Labute approximate surface area is 206 Å². The van der Waals surface area contributed by atoms with Gasteiger partial charge in [-0.05, 0) is 67.4 Å². The van der Waals surface area contributed by atoms with Crippen LogP contribution >= 0.6 is 0 Å². The van der Waals surface area contributed by atoms with Crippen molar-refractivity contribution in [2.75, 3.05) is 5.32 Å². The molecule has 11 heteroatoms. The van der Waals surface area contributed by atoms with E-state index in [1.54, 1.807) is 45.3 Å². The number of carbonyl (C=O) groups is 1. The number of aromatic nitrogens is 2. The Morgan fingerprint density at radius 2 is 1.49 bits per heavy atom. The molecule has 0 saturated heterocycles. The van der Waals surface area contributed by atoms with E-state index in [1.807, 2.05) is 0 Å². The van der Waals surface area contributed by atoms with Gasteiger partial charge in [-0.15, -0.1) is 0 Å². The molecule has 0 aliphatic rings. The third-order valence-electron chi connectivity index (χ3n) is 5.88. The maximum absolute atomic E-state index is 13.2. The highest BCUT2D eigenvalue weighted by Crippen LogP contribution is 2.36. The number of aryl methyl sites for hydroxylation is 3. The molecule has 4 aromatic rings. The zero-order chi connectivity index (χ0) is 27.3. The van der Waals surface area contributed by atoms with Gasteiger partial charge in [0.15, 0.2) is 0 Å². The van der Waals surface area contributed by atoms with E-state index < -0.39 is 35.0 Å². The molecule has 0 spiro atoms. The maximum Gasteiger partial charge on any atom is 0.416 e. The monoisotopic (exact) mass is 519 g/mol. The van der Waals surface area contributed by atoms with Crippen LogP contribution in [-0.2, 0) is 19.4 Å². The van der Waals surface area contributed by atoms with E-state index >= 15 is 0 Å². The van der Waals surface area contributed by atoms with Crippen LogP contribution in [0.1, 0.15) is 32.7 Å². The molecule has 5 nitrogen and oxygen atoms in total. The lowest BCUT2D eigenvalue weighted by atomic mass is 9.99. The van der Waals surface area contributed by atoms with Crippen molar-refractivity contribution in [2.45, 2.75) is 26.2 Å². The highest BCUT2D eigenvalue weighted by atomic mass is 19.4. The fraction of sp³-hybridized carbons (Fsp3) is 0.192. The van der Waals surface area contributed by atoms with Gasteiger partial charge in [-0.1, -0.05) is 6.07 Å². The fourth-order valence-electron chi connectivity index (χ4n) is 3.94. The Morgan fingerprint density at radius 3 is 2.08 bits per heavy atom. The lowest BCUT2D eigenvalue weighted by Crippen LogP contribution is -2.20. The van der Waals surface area contributed by atoms with Gasteiger partial charge in [-0.2, -0.15) is 26.3 Å². The Balaban J connectivity index is 1.76. The van der Waals surface area contributed by atoms with Crippen LogP contribution in [0.5, 0.6) is 0 Å². The van der Waals surface area contributed by atoms with Gasteiger partial charge in [0, 0.05) is 41.1 Å². The average Bonchev–Trinajstić information content (AvgIpc) is 2.81. The van der Waals surface area contributed by atoms with Crippen LogP contribution in [0.4, 0.5) is 32.0 Å². The normalized spacial score (nSPS) is 12.1. The molecular weight excluding hydrogens is 500 g/mol. The largest absolute Gasteiger partial charge is 0.416 e. The van der Waals surface area contributed by atoms with Gasteiger partial charge in [0.25, 0.3) is 11.5 Å². The topological polar surface area (TPSA) is 64.0 Å². The van der Waals surface area contributed by atoms with Crippen molar-refractivity contribution in [1.29, 1.82) is 0 Å². The molecule has 0 aliphatic carbocycles. The van der Waals surface area contributed by atoms with Gasteiger partial charge in [0.1, 0.15) is 0 Å². The number of nitrogens with zero attached hydrogens (tertiary/aromatic N) is 2. The Kier molecular flexibility index (Phi) is 6.35. The summed E-state index contributed by atoms with van der Waals surface area (Å²) >= 11 is 0. The molecule has 0 aliphatic heterocycles. The van der Waals surface area contributed by atoms with E-state index in [0.29, 0.717) is 34.2 Å². The Bertz CT molecular complexity index is 1570. The summed E-state index contributed by atoms with van der Waals surface area (Å²) in [6.07, 6.45) is -8.56. The highest BCUT2D eigenvalue weighted by molar-refractivity contribution is 6.05. The van der Waals surface area contributed by atoms with Gasteiger partial charge >= 0.3 is 12.4 Å². The standard InChI is InChI=1S/C26H19F6N3O2/c1-13-4-5-19(11-20(13)21-9-16-12-33-14(2)6-22(16)35(3)24(21)37)34-23(36)15-7-17(25(27,28)29)10-18(8-15)26(30,31)32/h4-12H,1-3H3,(H,34,36). The molecule has 0 unspecified atom stereocenters. The number of halogens is 6. The molecule has 4 rings (SSSR count). The zero-order valence-electron chi connectivity index (χ0n) is 19.7. The number of hydrogen-bond donors (Lipinski definition) is 1. The van der Waals surface area contributed by atoms with Gasteiger partial charge in [0.05, 0.1) is 16.6 Å². The van der Waals surface area contributed by atoms with Crippen molar-refractivity contribution in [2.24, 2.45) is 7.05 Å². The first-order valence-corrected chi connectivity index (χ1v) is 10.8. The molecule has 192 valence electrons. The quantitative estimate of drug-likeness (QED) is 0.314. The number of fused-ring (bicyclic) bond motifs is 1. The van der Waals surface area contributed by atoms with Gasteiger partial charge in [-0.3, -0.25) is 14.6 Å². The zero-order valence-corrected chi connectivity index (χ0v) is 19.7. The molecule has 2 aromatic carbocycles. The summed E-state index contributed by atoms with van der Waals surface area (Å²) in [6.45, 7) is 3.51. The minimum Gasteiger partial charge on any atom is -0.322 e. The van der Waals surface area contributed by atoms with Crippen LogP contribution in [0.3, 0.4) is 0 Å². The summed E-state index contributed by atoms with van der Waals surface area (Å²) in [7, 11) is 1.60. The molecule has 2 heterocycles. The number of nitrogens with one attached hydrogen (secondary N) is 1. The van der Waals surface area contributed by atoms with Crippen LogP contribution in [0.2, 0.25) is 0 Å². The van der Waals surface area contributed by atoms with E-state index in [2.05, 4.69) is 10.3 Å². The van der Waals surface area contributed by atoms with E-state index in [1.165, 1.54) is 16.7 Å². The van der Waals surface area contributed by atoms with Crippen LogP contribution in [-0.4, -0.2) is 15.5 Å². The third-order valence-corrected chi connectivity index (χ3v) is 5.88.